The van der Waals surface area contributed by atoms with Gasteiger partial charge in [-0.2, -0.15) is 0 Å². The van der Waals surface area contributed by atoms with Gasteiger partial charge >= 0.3 is 5.97 Å². The molecule has 0 atom stereocenters. The summed E-state index contributed by atoms with van der Waals surface area (Å²) >= 11 is 0. The molecule has 110 valence electrons. The van der Waals surface area contributed by atoms with E-state index < -0.39 is 21.2 Å². The summed E-state index contributed by atoms with van der Waals surface area (Å²) < 4.78 is 22.6. The summed E-state index contributed by atoms with van der Waals surface area (Å²) in [4.78, 5) is 24.1. The molecule has 0 spiro atoms. The van der Waals surface area contributed by atoms with Gasteiger partial charge in [-0.15, -0.1) is 0 Å². The molecular formula is C12H21NO5S. The van der Waals surface area contributed by atoms with Crippen molar-refractivity contribution in [3.05, 3.63) is 0 Å². The minimum absolute atomic E-state index is 0.0127. The lowest BCUT2D eigenvalue weighted by Gasteiger charge is -2.23. The van der Waals surface area contributed by atoms with E-state index in [0.29, 0.717) is 13.0 Å². The lowest BCUT2D eigenvalue weighted by Crippen LogP contribution is -2.38. The first kappa shape index (κ1) is 15.9. The number of carboxylic acids is 1. The van der Waals surface area contributed by atoms with Gasteiger partial charge in [0.25, 0.3) is 0 Å². The minimum Gasteiger partial charge on any atom is -0.480 e. The Kier molecular flexibility index (Phi) is 4.95. The number of carbonyl (C=O) groups excluding carboxylic acids is 1. The Morgan fingerprint density at radius 2 is 1.89 bits per heavy atom. The van der Waals surface area contributed by atoms with E-state index in [9.17, 15) is 18.0 Å². The summed E-state index contributed by atoms with van der Waals surface area (Å²) in [7, 11) is -3.11. The van der Waals surface area contributed by atoms with E-state index in [0.717, 1.165) is 12.8 Å². The van der Waals surface area contributed by atoms with Crippen LogP contribution < -0.4 is 0 Å². The molecule has 1 aliphatic carbocycles. The van der Waals surface area contributed by atoms with E-state index in [1.807, 2.05) is 6.92 Å². The molecule has 0 heterocycles. The van der Waals surface area contributed by atoms with Crippen LogP contribution in [0.4, 0.5) is 0 Å². The summed E-state index contributed by atoms with van der Waals surface area (Å²) in [6.45, 7) is 1.94. The second-order valence-corrected chi connectivity index (χ2v) is 7.60. The Hall–Kier alpha value is -1.11. The number of carbonyl (C=O) groups is 2. The van der Waals surface area contributed by atoms with Crippen LogP contribution >= 0.6 is 0 Å². The van der Waals surface area contributed by atoms with Crippen LogP contribution in [0.5, 0.6) is 0 Å². The number of sulfone groups is 1. The van der Waals surface area contributed by atoms with E-state index >= 15 is 0 Å². The fraction of sp³-hybridized carbons (Fsp3) is 0.833. The van der Waals surface area contributed by atoms with Gasteiger partial charge in [-0.25, -0.2) is 8.42 Å². The van der Waals surface area contributed by atoms with Gasteiger partial charge in [0.2, 0.25) is 5.91 Å². The molecule has 1 aliphatic rings. The monoisotopic (exact) mass is 291 g/mol. The van der Waals surface area contributed by atoms with Gasteiger partial charge in [-0.05, 0) is 24.7 Å². The molecule has 0 aromatic carbocycles. The van der Waals surface area contributed by atoms with Gasteiger partial charge in [0.1, 0.15) is 16.4 Å². The molecule has 0 unspecified atom stereocenters. The molecule has 1 fully saturated rings. The number of amides is 1. The molecule has 1 N–H and O–H groups in total. The second-order valence-electron chi connectivity index (χ2n) is 5.46. The average Bonchev–Trinajstić information content (AvgIpc) is 2.93. The van der Waals surface area contributed by atoms with Gasteiger partial charge < -0.3 is 10.0 Å². The summed E-state index contributed by atoms with van der Waals surface area (Å²) in [5, 5.41) is 8.77. The van der Waals surface area contributed by atoms with Gasteiger partial charge in [0.15, 0.2) is 0 Å². The van der Waals surface area contributed by atoms with Crippen LogP contribution in [0.15, 0.2) is 0 Å². The first-order valence-electron chi connectivity index (χ1n) is 6.35. The highest BCUT2D eigenvalue weighted by molar-refractivity contribution is 7.90. The summed E-state index contributed by atoms with van der Waals surface area (Å²) in [5.41, 5.74) is -0.449. The van der Waals surface area contributed by atoms with Crippen LogP contribution in [0.3, 0.4) is 0 Å². The number of carboxylic acid groups (broad SMARTS) is 1. The van der Waals surface area contributed by atoms with Gasteiger partial charge in [-0.1, -0.05) is 6.92 Å². The number of rotatable bonds is 8. The van der Waals surface area contributed by atoms with Crippen LogP contribution in [0.1, 0.15) is 32.6 Å². The maximum absolute atomic E-state index is 12.1. The van der Waals surface area contributed by atoms with Crippen molar-refractivity contribution in [2.24, 2.45) is 5.41 Å². The van der Waals surface area contributed by atoms with Crippen LogP contribution in [0.2, 0.25) is 0 Å². The third-order valence-corrected chi connectivity index (χ3v) is 4.36. The topological polar surface area (TPSA) is 91.8 Å². The standard InChI is InChI=1S/C12H21NO5S/c1-3-6-13(8-11(15)16)10(14)7-12(4-5-12)9-19(2,17)18/h3-9H2,1-2H3,(H,15,16). The van der Waals surface area contributed by atoms with Crippen LogP contribution in [-0.2, 0) is 19.4 Å². The Bertz CT molecular complexity index is 453. The van der Waals surface area contributed by atoms with Gasteiger partial charge in [0.05, 0.1) is 5.75 Å². The molecule has 0 aromatic rings. The number of aliphatic carboxylic acids is 1. The van der Waals surface area contributed by atoms with Crippen LogP contribution in [-0.4, -0.2) is 55.4 Å². The Labute approximate surface area is 113 Å². The zero-order chi connectivity index (χ0) is 14.7. The molecule has 0 aliphatic heterocycles. The van der Waals surface area contributed by atoms with Crippen molar-refractivity contribution in [1.29, 1.82) is 0 Å². The number of nitrogens with zero attached hydrogens (tertiary/aromatic N) is 1. The maximum atomic E-state index is 12.1. The summed E-state index contributed by atoms with van der Waals surface area (Å²) in [6, 6.07) is 0. The van der Waals surface area contributed by atoms with E-state index in [1.54, 1.807) is 0 Å². The van der Waals surface area contributed by atoms with Crippen molar-refractivity contribution in [2.45, 2.75) is 32.6 Å². The van der Waals surface area contributed by atoms with Crippen molar-refractivity contribution < 1.29 is 23.1 Å². The predicted octanol–water partition coefficient (Wildman–Crippen LogP) is 0.524. The van der Waals surface area contributed by atoms with Crippen molar-refractivity contribution in [3.8, 4) is 0 Å². The molecule has 6 nitrogen and oxygen atoms in total. The number of hydrogen-bond acceptors (Lipinski definition) is 4. The fourth-order valence-corrected chi connectivity index (χ4v) is 3.77. The third-order valence-electron chi connectivity index (χ3n) is 3.22. The first-order chi connectivity index (χ1) is 8.67. The molecule has 0 aromatic heterocycles. The SMILES string of the molecule is CCCN(CC(=O)O)C(=O)CC1(CS(C)(=O)=O)CC1. The zero-order valence-corrected chi connectivity index (χ0v) is 12.2. The van der Waals surface area contributed by atoms with Crippen molar-refractivity contribution in [2.75, 3.05) is 25.1 Å². The lowest BCUT2D eigenvalue weighted by molar-refractivity contribution is -0.145. The highest BCUT2D eigenvalue weighted by atomic mass is 32.2. The molecular weight excluding hydrogens is 270 g/mol. The molecule has 1 saturated carbocycles. The molecule has 1 rings (SSSR count). The van der Waals surface area contributed by atoms with Gasteiger partial charge in [-0.3, -0.25) is 9.59 Å². The third kappa shape index (κ3) is 5.59. The molecule has 0 radical (unpaired) electrons. The summed E-state index contributed by atoms with van der Waals surface area (Å²) in [5.74, 6) is -1.29. The highest BCUT2D eigenvalue weighted by Crippen LogP contribution is 2.50. The number of hydrogen-bond donors (Lipinski definition) is 1. The smallest absolute Gasteiger partial charge is 0.323 e. The van der Waals surface area contributed by atoms with Crippen molar-refractivity contribution in [3.63, 3.8) is 0 Å². The Balaban J connectivity index is 2.63. The first-order valence-corrected chi connectivity index (χ1v) is 8.41. The largest absolute Gasteiger partial charge is 0.480 e. The van der Waals surface area contributed by atoms with E-state index in [1.165, 1.54) is 11.2 Å². The van der Waals surface area contributed by atoms with E-state index in [2.05, 4.69) is 0 Å². The highest BCUT2D eigenvalue weighted by Gasteiger charge is 2.47. The van der Waals surface area contributed by atoms with Gasteiger partial charge in [0, 0.05) is 19.2 Å². The van der Waals surface area contributed by atoms with Crippen molar-refractivity contribution in [1.82, 2.24) is 4.90 Å². The second kappa shape index (κ2) is 5.90. The minimum atomic E-state index is -3.11. The quantitative estimate of drug-likeness (QED) is 0.704. The Morgan fingerprint density at radius 3 is 2.26 bits per heavy atom. The molecule has 0 bridgehead atoms. The van der Waals surface area contributed by atoms with Crippen molar-refractivity contribution >= 4 is 21.7 Å². The molecule has 1 amide bonds. The molecule has 19 heavy (non-hydrogen) atoms. The van der Waals surface area contributed by atoms with Crippen LogP contribution in [0, 0.1) is 5.41 Å². The van der Waals surface area contributed by atoms with E-state index in [-0.39, 0.29) is 24.6 Å². The lowest BCUT2D eigenvalue weighted by atomic mass is 10.0. The summed E-state index contributed by atoms with van der Waals surface area (Å²) in [6.07, 6.45) is 3.42. The average molecular weight is 291 g/mol. The molecule has 0 saturated heterocycles. The predicted molar refractivity (Wildman–Crippen MR) is 70.5 cm³/mol. The maximum Gasteiger partial charge on any atom is 0.323 e. The zero-order valence-electron chi connectivity index (χ0n) is 11.4. The normalized spacial score (nSPS) is 16.9. The van der Waals surface area contributed by atoms with Crippen LogP contribution in [0.25, 0.3) is 0 Å². The molecule has 7 heteroatoms. The van der Waals surface area contributed by atoms with E-state index in [4.69, 9.17) is 5.11 Å². The fourth-order valence-electron chi connectivity index (χ4n) is 2.26. The Morgan fingerprint density at radius 1 is 1.32 bits per heavy atom.